The number of amides is 1. The quantitative estimate of drug-likeness (QED) is 0.889. The maximum absolute atomic E-state index is 12.0. The van der Waals surface area contributed by atoms with E-state index >= 15 is 0 Å². The molecule has 1 aliphatic heterocycles. The van der Waals surface area contributed by atoms with Crippen LogP contribution in [0.1, 0.15) is 18.6 Å². The molecule has 1 aliphatic rings. The SMILES string of the molecule is C[C@H](O)c1ccc(OCC(=O)N2CCN(C)CC2)cc1. The van der Waals surface area contributed by atoms with Crippen molar-refractivity contribution < 1.29 is 14.6 Å². The van der Waals surface area contributed by atoms with Crippen LogP contribution in [0.2, 0.25) is 0 Å². The van der Waals surface area contributed by atoms with Gasteiger partial charge in [0.15, 0.2) is 6.61 Å². The van der Waals surface area contributed by atoms with Gasteiger partial charge in [0.2, 0.25) is 0 Å². The van der Waals surface area contributed by atoms with E-state index in [0.717, 1.165) is 31.7 Å². The highest BCUT2D eigenvalue weighted by Gasteiger charge is 2.19. The number of carbonyl (C=O) groups excluding carboxylic acids is 1. The van der Waals surface area contributed by atoms with Gasteiger partial charge in [-0.05, 0) is 31.7 Å². The zero-order valence-electron chi connectivity index (χ0n) is 12.1. The van der Waals surface area contributed by atoms with E-state index in [9.17, 15) is 9.90 Å². The third-order valence-corrected chi connectivity index (χ3v) is 3.58. The van der Waals surface area contributed by atoms with Crippen LogP contribution >= 0.6 is 0 Å². The molecule has 1 N–H and O–H groups in total. The van der Waals surface area contributed by atoms with Crippen molar-refractivity contribution in [1.82, 2.24) is 9.80 Å². The smallest absolute Gasteiger partial charge is 0.260 e. The van der Waals surface area contributed by atoms with E-state index in [4.69, 9.17) is 4.74 Å². The zero-order valence-corrected chi connectivity index (χ0v) is 12.1. The number of rotatable bonds is 4. The number of hydrogen-bond acceptors (Lipinski definition) is 4. The molecular weight excluding hydrogens is 256 g/mol. The van der Waals surface area contributed by atoms with Crippen molar-refractivity contribution in [3.63, 3.8) is 0 Å². The number of piperazine rings is 1. The molecule has 0 radical (unpaired) electrons. The Balaban J connectivity index is 1.81. The van der Waals surface area contributed by atoms with Gasteiger partial charge in [-0.3, -0.25) is 4.79 Å². The summed E-state index contributed by atoms with van der Waals surface area (Å²) in [7, 11) is 2.06. The van der Waals surface area contributed by atoms with Crippen molar-refractivity contribution in [1.29, 1.82) is 0 Å². The van der Waals surface area contributed by atoms with Gasteiger partial charge in [-0.15, -0.1) is 0 Å². The van der Waals surface area contributed by atoms with Crippen LogP contribution in [-0.4, -0.2) is 60.6 Å². The van der Waals surface area contributed by atoms with Gasteiger partial charge in [0.05, 0.1) is 6.10 Å². The van der Waals surface area contributed by atoms with E-state index in [-0.39, 0.29) is 12.5 Å². The topological polar surface area (TPSA) is 53.0 Å². The summed E-state index contributed by atoms with van der Waals surface area (Å²) in [5, 5.41) is 9.42. The third kappa shape index (κ3) is 3.95. The second kappa shape index (κ2) is 6.72. The Bertz CT molecular complexity index is 437. The van der Waals surface area contributed by atoms with Gasteiger partial charge in [-0.2, -0.15) is 0 Å². The number of hydrogen-bond donors (Lipinski definition) is 1. The van der Waals surface area contributed by atoms with Gasteiger partial charge in [0.1, 0.15) is 5.75 Å². The molecule has 1 heterocycles. The van der Waals surface area contributed by atoms with Crippen molar-refractivity contribution in [2.75, 3.05) is 39.8 Å². The summed E-state index contributed by atoms with van der Waals surface area (Å²) in [6, 6.07) is 7.17. The largest absolute Gasteiger partial charge is 0.484 e. The second-order valence-corrected chi connectivity index (χ2v) is 5.22. The summed E-state index contributed by atoms with van der Waals surface area (Å²) in [6.07, 6.45) is -0.490. The van der Waals surface area contributed by atoms with Crippen molar-refractivity contribution in [2.24, 2.45) is 0 Å². The lowest BCUT2D eigenvalue weighted by Gasteiger charge is -2.32. The first-order chi connectivity index (χ1) is 9.56. The van der Waals surface area contributed by atoms with Crippen molar-refractivity contribution in [3.8, 4) is 5.75 Å². The molecule has 0 aliphatic carbocycles. The average molecular weight is 278 g/mol. The number of carbonyl (C=O) groups is 1. The van der Waals surface area contributed by atoms with Crippen LogP contribution in [0.25, 0.3) is 0 Å². The molecule has 1 saturated heterocycles. The molecule has 0 aromatic heterocycles. The van der Waals surface area contributed by atoms with E-state index < -0.39 is 6.10 Å². The van der Waals surface area contributed by atoms with Gasteiger partial charge in [0, 0.05) is 26.2 Å². The van der Waals surface area contributed by atoms with Gasteiger partial charge in [-0.25, -0.2) is 0 Å². The first-order valence-electron chi connectivity index (χ1n) is 6.93. The standard InChI is InChI=1S/C15H22N2O3/c1-12(18)13-3-5-14(6-4-13)20-11-15(19)17-9-7-16(2)8-10-17/h3-6,12,18H,7-11H2,1-2H3/t12-/m0/s1. The highest BCUT2D eigenvalue weighted by molar-refractivity contribution is 5.77. The predicted octanol–water partition coefficient (Wildman–Crippen LogP) is 0.893. The lowest BCUT2D eigenvalue weighted by Crippen LogP contribution is -2.48. The number of aliphatic hydroxyl groups excluding tert-OH is 1. The maximum Gasteiger partial charge on any atom is 0.260 e. The zero-order chi connectivity index (χ0) is 14.5. The Kier molecular flexibility index (Phi) is 4.98. The van der Waals surface area contributed by atoms with Gasteiger partial charge >= 0.3 is 0 Å². The summed E-state index contributed by atoms with van der Waals surface area (Å²) in [5.41, 5.74) is 0.836. The highest BCUT2D eigenvalue weighted by Crippen LogP contribution is 2.17. The first kappa shape index (κ1) is 14.8. The fourth-order valence-electron chi connectivity index (χ4n) is 2.13. The first-order valence-corrected chi connectivity index (χ1v) is 6.93. The van der Waals surface area contributed by atoms with Crippen molar-refractivity contribution in [3.05, 3.63) is 29.8 Å². The van der Waals surface area contributed by atoms with E-state index in [2.05, 4.69) is 11.9 Å². The number of aliphatic hydroxyl groups is 1. The molecule has 1 aromatic rings. The molecule has 1 amide bonds. The number of likely N-dealkylation sites (N-methyl/N-ethyl adjacent to an activating group) is 1. The van der Waals surface area contributed by atoms with Crippen LogP contribution in [0.3, 0.4) is 0 Å². The highest BCUT2D eigenvalue weighted by atomic mass is 16.5. The Hall–Kier alpha value is -1.59. The average Bonchev–Trinajstić information content (AvgIpc) is 2.46. The Morgan fingerprint density at radius 2 is 1.85 bits per heavy atom. The molecule has 2 rings (SSSR count). The van der Waals surface area contributed by atoms with Crippen LogP contribution in [-0.2, 0) is 4.79 Å². The van der Waals surface area contributed by atoms with Crippen LogP contribution in [0.15, 0.2) is 24.3 Å². The van der Waals surface area contributed by atoms with Gasteiger partial charge in [0.25, 0.3) is 5.91 Å². The van der Waals surface area contributed by atoms with E-state index in [1.165, 1.54) is 0 Å². The van der Waals surface area contributed by atoms with Gasteiger partial charge < -0.3 is 19.6 Å². The van der Waals surface area contributed by atoms with E-state index in [1.54, 1.807) is 31.2 Å². The minimum Gasteiger partial charge on any atom is -0.484 e. The molecule has 110 valence electrons. The fourth-order valence-corrected chi connectivity index (χ4v) is 2.13. The van der Waals surface area contributed by atoms with E-state index in [1.807, 2.05) is 4.90 Å². The monoisotopic (exact) mass is 278 g/mol. The minimum atomic E-state index is -0.490. The molecule has 1 aromatic carbocycles. The Labute approximate surface area is 119 Å². The number of ether oxygens (including phenoxy) is 1. The van der Waals surface area contributed by atoms with Crippen LogP contribution in [0.4, 0.5) is 0 Å². The number of benzene rings is 1. The van der Waals surface area contributed by atoms with Crippen molar-refractivity contribution >= 4 is 5.91 Å². The minimum absolute atomic E-state index is 0.0257. The number of nitrogens with zero attached hydrogens (tertiary/aromatic N) is 2. The van der Waals surface area contributed by atoms with E-state index in [0.29, 0.717) is 5.75 Å². The lowest BCUT2D eigenvalue weighted by atomic mass is 10.1. The van der Waals surface area contributed by atoms with Crippen LogP contribution < -0.4 is 4.74 Å². The lowest BCUT2D eigenvalue weighted by molar-refractivity contribution is -0.134. The maximum atomic E-state index is 12.0. The Morgan fingerprint density at radius 3 is 2.40 bits per heavy atom. The Morgan fingerprint density at radius 1 is 1.25 bits per heavy atom. The summed E-state index contributed by atoms with van der Waals surface area (Å²) < 4.78 is 5.50. The van der Waals surface area contributed by atoms with Gasteiger partial charge in [-0.1, -0.05) is 12.1 Å². The predicted molar refractivity (Wildman–Crippen MR) is 76.6 cm³/mol. The molecule has 0 spiro atoms. The fraction of sp³-hybridized carbons (Fsp3) is 0.533. The molecule has 0 saturated carbocycles. The normalized spacial score (nSPS) is 17.9. The molecule has 1 fully saturated rings. The van der Waals surface area contributed by atoms with Crippen LogP contribution in [0.5, 0.6) is 5.75 Å². The summed E-state index contributed by atoms with van der Waals surface area (Å²) in [5.74, 6) is 0.676. The molecule has 20 heavy (non-hydrogen) atoms. The molecule has 5 heteroatoms. The van der Waals surface area contributed by atoms with Crippen molar-refractivity contribution in [2.45, 2.75) is 13.0 Å². The molecule has 1 atom stereocenters. The summed E-state index contributed by atoms with van der Waals surface area (Å²) in [6.45, 7) is 5.13. The summed E-state index contributed by atoms with van der Waals surface area (Å²) in [4.78, 5) is 16.0. The third-order valence-electron chi connectivity index (χ3n) is 3.58. The molecule has 0 unspecified atom stereocenters. The molecular formula is C15H22N2O3. The van der Waals surface area contributed by atoms with Crippen LogP contribution in [0, 0.1) is 0 Å². The second-order valence-electron chi connectivity index (χ2n) is 5.22. The molecule has 5 nitrogen and oxygen atoms in total. The molecule has 0 bridgehead atoms. The summed E-state index contributed by atoms with van der Waals surface area (Å²) >= 11 is 0.